The molecule has 118 valence electrons. The van der Waals surface area contributed by atoms with E-state index in [0.717, 1.165) is 5.69 Å². The maximum Gasteiger partial charge on any atom is 0.272 e. The van der Waals surface area contributed by atoms with E-state index in [1.165, 1.54) is 4.57 Å². The van der Waals surface area contributed by atoms with E-state index in [4.69, 9.17) is 12.2 Å². The number of nitrogens with one attached hydrogen (secondary N) is 3. The van der Waals surface area contributed by atoms with Gasteiger partial charge in [-0.05, 0) is 36.5 Å². The minimum absolute atomic E-state index is 0.230. The lowest BCUT2D eigenvalue weighted by Gasteiger charge is -2.07. The Morgan fingerprint density at radius 2 is 1.67 bits per heavy atom. The molecule has 4 aromatic rings. The molecule has 7 heteroatoms. The van der Waals surface area contributed by atoms with Gasteiger partial charge in [0.2, 0.25) is 0 Å². The van der Waals surface area contributed by atoms with Gasteiger partial charge in [0.25, 0.3) is 5.56 Å². The summed E-state index contributed by atoms with van der Waals surface area (Å²) in [4.78, 5) is 16.0. The molecule has 0 saturated heterocycles. The summed E-state index contributed by atoms with van der Waals surface area (Å²) in [7, 11) is 0. The van der Waals surface area contributed by atoms with Crippen molar-refractivity contribution >= 4 is 34.8 Å². The number of rotatable bonds is 3. The predicted molar refractivity (Wildman–Crippen MR) is 96.6 cm³/mol. The van der Waals surface area contributed by atoms with Gasteiger partial charge in [-0.3, -0.25) is 14.5 Å². The zero-order chi connectivity index (χ0) is 16.5. The van der Waals surface area contributed by atoms with Crippen molar-refractivity contribution in [2.45, 2.75) is 0 Å². The number of aromatic amines is 2. The van der Waals surface area contributed by atoms with Crippen LogP contribution in [0.3, 0.4) is 0 Å². The molecule has 0 fully saturated rings. The Hall–Kier alpha value is -3.19. The van der Waals surface area contributed by atoms with Crippen molar-refractivity contribution in [2.24, 2.45) is 0 Å². The van der Waals surface area contributed by atoms with Crippen molar-refractivity contribution in [1.82, 2.24) is 19.7 Å². The predicted octanol–water partition coefficient (Wildman–Crippen LogP) is 3.51. The van der Waals surface area contributed by atoms with Gasteiger partial charge in [-0.1, -0.05) is 36.4 Å². The van der Waals surface area contributed by atoms with E-state index in [9.17, 15) is 4.79 Å². The maximum absolute atomic E-state index is 13.0. The van der Waals surface area contributed by atoms with Crippen LogP contribution in [0.25, 0.3) is 16.7 Å². The number of nitrogens with zero attached hydrogens (tertiary/aromatic N) is 2. The Balaban J connectivity index is 1.93. The molecule has 0 amide bonds. The van der Waals surface area contributed by atoms with Crippen LogP contribution in [-0.4, -0.2) is 19.7 Å². The summed E-state index contributed by atoms with van der Waals surface area (Å²) in [6, 6.07) is 18.9. The zero-order valence-electron chi connectivity index (χ0n) is 12.5. The Morgan fingerprint density at radius 1 is 1.00 bits per heavy atom. The van der Waals surface area contributed by atoms with Crippen LogP contribution in [0, 0.1) is 4.77 Å². The molecule has 0 unspecified atom stereocenters. The summed E-state index contributed by atoms with van der Waals surface area (Å²) in [6.07, 6.45) is 0. The fourth-order valence-corrected chi connectivity index (χ4v) is 2.85. The van der Waals surface area contributed by atoms with Crippen LogP contribution < -0.4 is 10.9 Å². The third kappa shape index (κ3) is 2.40. The first-order valence-electron chi connectivity index (χ1n) is 7.35. The van der Waals surface area contributed by atoms with Crippen molar-refractivity contribution in [3.8, 4) is 5.69 Å². The van der Waals surface area contributed by atoms with E-state index in [0.29, 0.717) is 27.3 Å². The lowest BCUT2D eigenvalue weighted by molar-refractivity contribution is 0.935. The molecule has 6 nitrogen and oxygen atoms in total. The fraction of sp³-hybridized carbons (Fsp3) is 0. The Kier molecular flexibility index (Phi) is 3.47. The SMILES string of the molecule is O=c1c2c(Nc3ccccc3)[nH]nc2[nH]c(=S)n1-c1ccccc1. The first-order chi connectivity index (χ1) is 11.7. The molecule has 4 rings (SSSR count). The minimum atomic E-state index is -0.230. The molecule has 2 heterocycles. The summed E-state index contributed by atoms with van der Waals surface area (Å²) >= 11 is 5.32. The van der Waals surface area contributed by atoms with Crippen LogP contribution in [-0.2, 0) is 0 Å². The highest BCUT2D eigenvalue weighted by atomic mass is 32.1. The fourth-order valence-electron chi connectivity index (χ4n) is 2.57. The first kappa shape index (κ1) is 14.4. The molecule has 2 aromatic carbocycles. The molecule has 2 aromatic heterocycles. The average Bonchev–Trinajstić information content (AvgIpc) is 2.99. The van der Waals surface area contributed by atoms with E-state index >= 15 is 0 Å². The van der Waals surface area contributed by atoms with E-state index in [1.54, 1.807) is 0 Å². The molecule has 0 aliphatic carbocycles. The molecule has 0 atom stereocenters. The summed E-state index contributed by atoms with van der Waals surface area (Å²) in [5, 5.41) is 10.6. The molecule has 0 spiro atoms. The average molecular weight is 335 g/mol. The first-order valence-corrected chi connectivity index (χ1v) is 7.76. The van der Waals surface area contributed by atoms with E-state index in [2.05, 4.69) is 20.5 Å². The summed E-state index contributed by atoms with van der Waals surface area (Å²) in [6.45, 7) is 0. The highest BCUT2D eigenvalue weighted by molar-refractivity contribution is 7.71. The number of fused-ring (bicyclic) bond motifs is 1. The molecule has 0 aliphatic heterocycles. The van der Waals surface area contributed by atoms with Gasteiger partial charge in [0, 0.05) is 5.69 Å². The van der Waals surface area contributed by atoms with Gasteiger partial charge in [-0.2, -0.15) is 5.10 Å². The Morgan fingerprint density at radius 3 is 2.38 bits per heavy atom. The van der Waals surface area contributed by atoms with Crippen molar-refractivity contribution in [3.05, 3.63) is 75.8 Å². The molecule has 24 heavy (non-hydrogen) atoms. The summed E-state index contributed by atoms with van der Waals surface area (Å²) in [5.74, 6) is 0.525. The quantitative estimate of drug-likeness (QED) is 0.501. The van der Waals surface area contributed by atoms with Gasteiger partial charge in [-0.25, -0.2) is 0 Å². The third-order valence-corrected chi connectivity index (χ3v) is 3.95. The second-order valence-electron chi connectivity index (χ2n) is 5.22. The van der Waals surface area contributed by atoms with Gasteiger partial charge >= 0.3 is 0 Å². The highest BCUT2D eigenvalue weighted by Gasteiger charge is 2.14. The number of hydrogen-bond acceptors (Lipinski definition) is 4. The van der Waals surface area contributed by atoms with Crippen LogP contribution in [0.15, 0.2) is 65.5 Å². The largest absolute Gasteiger partial charge is 0.340 e. The lowest BCUT2D eigenvalue weighted by atomic mass is 10.3. The number of anilines is 2. The molecule has 0 bridgehead atoms. The second kappa shape index (κ2) is 5.78. The van der Waals surface area contributed by atoms with Gasteiger partial charge in [0.15, 0.2) is 10.4 Å². The molecule has 0 aliphatic rings. The van der Waals surface area contributed by atoms with Gasteiger partial charge in [0.05, 0.1) is 5.69 Å². The van der Waals surface area contributed by atoms with Crippen LogP contribution in [0.5, 0.6) is 0 Å². The molecule has 0 radical (unpaired) electrons. The van der Waals surface area contributed by atoms with E-state index < -0.39 is 0 Å². The van der Waals surface area contributed by atoms with Crippen molar-refractivity contribution in [3.63, 3.8) is 0 Å². The zero-order valence-corrected chi connectivity index (χ0v) is 13.3. The second-order valence-corrected chi connectivity index (χ2v) is 5.61. The monoisotopic (exact) mass is 335 g/mol. The topological polar surface area (TPSA) is 78.5 Å². The lowest BCUT2D eigenvalue weighted by Crippen LogP contribution is -2.20. The van der Waals surface area contributed by atoms with Crippen molar-refractivity contribution in [1.29, 1.82) is 0 Å². The Bertz CT molecular complexity index is 1110. The van der Waals surface area contributed by atoms with Crippen molar-refractivity contribution in [2.75, 3.05) is 5.32 Å². The number of hydrogen-bond donors (Lipinski definition) is 3. The highest BCUT2D eigenvalue weighted by Crippen LogP contribution is 2.20. The van der Waals surface area contributed by atoms with Crippen LogP contribution in [0.2, 0.25) is 0 Å². The van der Waals surface area contributed by atoms with Gasteiger partial charge < -0.3 is 10.3 Å². The van der Waals surface area contributed by atoms with Crippen LogP contribution in [0.1, 0.15) is 0 Å². The number of aromatic nitrogens is 4. The molecular formula is C17H13N5OS. The van der Waals surface area contributed by atoms with E-state index in [1.807, 2.05) is 60.7 Å². The van der Waals surface area contributed by atoms with Gasteiger partial charge in [-0.15, -0.1) is 0 Å². The summed E-state index contributed by atoms with van der Waals surface area (Å²) < 4.78 is 1.76. The Labute approximate surface area is 141 Å². The minimum Gasteiger partial charge on any atom is -0.340 e. The normalized spacial score (nSPS) is 10.8. The smallest absolute Gasteiger partial charge is 0.272 e. The maximum atomic E-state index is 13.0. The summed E-state index contributed by atoms with van der Waals surface area (Å²) in [5.41, 5.74) is 1.76. The van der Waals surface area contributed by atoms with Gasteiger partial charge in [0.1, 0.15) is 11.2 Å². The van der Waals surface area contributed by atoms with Crippen LogP contribution >= 0.6 is 12.2 Å². The third-order valence-electron chi connectivity index (χ3n) is 3.67. The van der Waals surface area contributed by atoms with E-state index in [-0.39, 0.29) is 5.56 Å². The number of benzene rings is 2. The standard InChI is InChI=1S/C17H13N5OS/c23-16-13-14(18-11-7-3-1-4-8-11)20-21-15(13)19-17(24)22(16)12-9-5-2-6-10-12/h1-10H,(H3,18,19,20,21,24). The molecular weight excluding hydrogens is 322 g/mol. The van der Waals surface area contributed by atoms with Crippen LogP contribution in [0.4, 0.5) is 11.5 Å². The number of para-hydroxylation sites is 2. The van der Waals surface area contributed by atoms with Crippen molar-refractivity contribution < 1.29 is 0 Å². The molecule has 0 saturated carbocycles. The number of H-pyrrole nitrogens is 2. The molecule has 3 N–H and O–H groups in total.